The number of benzene rings is 1. The second-order valence-corrected chi connectivity index (χ2v) is 2.87. The first-order valence-corrected chi connectivity index (χ1v) is 4.07. The average Bonchev–Trinajstić information content (AvgIpc) is 2.10. The number of anilines is 1. The Kier molecular flexibility index (Phi) is 3.09. The Balaban J connectivity index is 3.05. The maximum atomic E-state index is 10.8. The third kappa shape index (κ3) is 2.50. The monoisotopic (exact) mass is 190 g/mol. The van der Waals surface area contributed by atoms with Crippen LogP contribution in [0.5, 0.6) is 0 Å². The maximum Gasteiger partial charge on any atom is 0.221 e. The van der Waals surface area contributed by atoms with Crippen LogP contribution in [0, 0.1) is 6.92 Å². The summed E-state index contributed by atoms with van der Waals surface area (Å²) < 4.78 is 0. The number of rotatable bonds is 2. The van der Waals surface area contributed by atoms with Gasteiger partial charge in [0.1, 0.15) is 0 Å². The molecule has 0 saturated heterocycles. The van der Waals surface area contributed by atoms with Crippen molar-refractivity contribution in [3.63, 3.8) is 0 Å². The highest BCUT2D eigenvalue weighted by Gasteiger charge is 1.99. The Morgan fingerprint density at radius 1 is 1.57 bits per heavy atom. The van der Waals surface area contributed by atoms with Gasteiger partial charge in [-0.1, -0.05) is 11.2 Å². The van der Waals surface area contributed by atoms with Gasteiger partial charge >= 0.3 is 0 Å². The fourth-order valence-corrected chi connectivity index (χ4v) is 1.05. The molecule has 1 rings (SSSR count). The fraction of sp³-hybridized carbons (Fsp3) is 0.222. The summed E-state index contributed by atoms with van der Waals surface area (Å²) in [6, 6.07) is 5.18. The van der Waals surface area contributed by atoms with E-state index in [9.17, 15) is 4.79 Å². The smallest absolute Gasteiger partial charge is 0.221 e. The SMILES string of the molecule is CC(=O)Nc1ccc(C)c(N=[N+]=[N-])c1. The Bertz CT molecular complexity index is 407. The lowest BCUT2D eigenvalue weighted by Crippen LogP contribution is -2.05. The van der Waals surface area contributed by atoms with Crippen molar-refractivity contribution in [2.45, 2.75) is 13.8 Å². The molecule has 0 fully saturated rings. The van der Waals surface area contributed by atoms with Crippen LogP contribution in [-0.2, 0) is 4.79 Å². The van der Waals surface area contributed by atoms with E-state index in [1.165, 1.54) is 6.92 Å². The van der Waals surface area contributed by atoms with Crippen LogP contribution in [0.2, 0.25) is 0 Å². The largest absolute Gasteiger partial charge is 0.326 e. The van der Waals surface area contributed by atoms with Crippen LogP contribution in [0.25, 0.3) is 10.4 Å². The van der Waals surface area contributed by atoms with Gasteiger partial charge in [-0.25, -0.2) is 0 Å². The van der Waals surface area contributed by atoms with Gasteiger partial charge in [-0.15, -0.1) is 0 Å². The van der Waals surface area contributed by atoms with Crippen LogP contribution in [0.15, 0.2) is 23.3 Å². The van der Waals surface area contributed by atoms with Crippen LogP contribution >= 0.6 is 0 Å². The first-order valence-electron chi connectivity index (χ1n) is 4.07. The molecule has 0 atom stereocenters. The molecule has 0 saturated carbocycles. The summed E-state index contributed by atoms with van der Waals surface area (Å²) >= 11 is 0. The molecule has 1 amide bonds. The number of aryl methyl sites for hydroxylation is 1. The summed E-state index contributed by atoms with van der Waals surface area (Å²) in [5, 5.41) is 6.11. The lowest BCUT2D eigenvalue weighted by molar-refractivity contribution is -0.114. The summed E-state index contributed by atoms with van der Waals surface area (Å²) in [4.78, 5) is 13.5. The number of amides is 1. The van der Waals surface area contributed by atoms with Crippen LogP contribution in [0.3, 0.4) is 0 Å². The summed E-state index contributed by atoms with van der Waals surface area (Å²) in [6.45, 7) is 3.26. The lowest BCUT2D eigenvalue weighted by Gasteiger charge is -2.04. The van der Waals surface area contributed by atoms with E-state index in [4.69, 9.17) is 5.53 Å². The van der Waals surface area contributed by atoms with E-state index in [0.29, 0.717) is 11.4 Å². The van der Waals surface area contributed by atoms with E-state index in [0.717, 1.165) is 5.56 Å². The molecule has 1 aromatic carbocycles. The highest BCUT2D eigenvalue weighted by Crippen LogP contribution is 2.23. The first kappa shape index (κ1) is 10.1. The molecule has 5 heteroatoms. The Morgan fingerprint density at radius 2 is 2.29 bits per heavy atom. The van der Waals surface area contributed by atoms with Gasteiger partial charge in [-0.05, 0) is 30.2 Å². The molecular weight excluding hydrogens is 180 g/mol. The molecule has 0 aromatic heterocycles. The molecule has 1 N–H and O–H groups in total. The molecule has 0 aliphatic heterocycles. The van der Waals surface area contributed by atoms with E-state index in [1.54, 1.807) is 18.2 Å². The quantitative estimate of drug-likeness (QED) is 0.434. The first-order chi connectivity index (χ1) is 6.63. The number of carbonyl (C=O) groups excluding carboxylic acids is 1. The summed E-state index contributed by atoms with van der Waals surface area (Å²) in [5.41, 5.74) is 10.3. The Morgan fingerprint density at radius 3 is 2.86 bits per heavy atom. The van der Waals surface area contributed by atoms with Crippen molar-refractivity contribution < 1.29 is 4.79 Å². The van der Waals surface area contributed by atoms with Crippen molar-refractivity contribution in [1.29, 1.82) is 0 Å². The van der Waals surface area contributed by atoms with Crippen LogP contribution in [0.1, 0.15) is 12.5 Å². The highest BCUT2D eigenvalue weighted by molar-refractivity contribution is 5.89. The van der Waals surface area contributed by atoms with Gasteiger partial charge in [0, 0.05) is 23.2 Å². The van der Waals surface area contributed by atoms with E-state index < -0.39 is 0 Å². The van der Waals surface area contributed by atoms with E-state index in [2.05, 4.69) is 15.3 Å². The molecular formula is C9H10N4O. The molecule has 0 unspecified atom stereocenters. The minimum atomic E-state index is -0.152. The van der Waals surface area contributed by atoms with Crippen molar-refractivity contribution in [3.05, 3.63) is 34.2 Å². The Hall–Kier alpha value is -2.00. The molecule has 0 radical (unpaired) electrons. The number of hydrogen-bond acceptors (Lipinski definition) is 2. The number of carbonyl (C=O) groups is 1. The second kappa shape index (κ2) is 4.30. The molecule has 0 heterocycles. The van der Waals surface area contributed by atoms with Crippen LogP contribution < -0.4 is 5.32 Å². The summed E-state index contributed by atoms with van der Waals surface area (Å²) in [6.07, 6.45) is 0. The van der Waals surface area contributed by atoms with E-state index in [1.807, 2.05) is 6.92 Å². The normalized spacial score (nSPS) is 9.00. The average molecular weight is 190 g/mol. The third-order valence-electron chi connectivity index (χ3n) is 1.68. The van der Waals surface area contributed by atoms with E-state index >= 15 is 0 Å². The number of azide groups is 1. The van der Waals surface area contributed by atoms with Crippen molar-refractivity contribution in [1.82, 2.24) is 0 Å². The number of nitrogens with zero attached hydrogens (tertiary/aromatic N) is 3. The topological polar surface area (TPSA) is 77.9 Å². The number of hydrogen-bond donors (Lipinski definition) is 1. The third-order valence-corrected chi connectivity index (χ3v) is 1.68. The zero-order chi connectivity index (χ0) is 10.6. The molecule has 0 aliphatic carbocycles. The van der Waals surface area contributed by atoms with Crippen molar-refractivity contribution in [3.8, 4) is 0 Å². The minimum Gasteiger partial charge on any atom is -0.326 e. The van der Waals surface area contributed by atoms with Crippen molar-refractivity contribution in [2.75, 3.05) is 5.32 Å². The Labute approximate surface area is 81.4 Å². The van der Waals surface area contributed by atoms with Crippen LogP contribution in [0.4, 0.5) is 11.4 Å². The van der Waals surface area contributed by atoms with Gasteiger partial charge in [0.2, 0.25) is 5.91 Å². The van der Waals surface area contributed by atoms with Gasteiger partial charge in [0.05, 0.1) is 0 Å². The fourth-order valence-electron chi connectivity index (χ4n) is 1.05. The van der Waals surface area contributed by atoms with Crippen LogP contribution in [-0.4, -0.2) is 5.91 Å². The molecule has 5 nitrogen and oxygen atoms in total. The number of nitrogens with one attached hydrogen (secondary N) is 1. The standard InChI is InChI=1S/C9H10N4O/c1-6-3-4-8(11-7(2)14)5-9(6)12-13-10/h3-5H,1-2H3,(H,11,14). The molecule has 1 aromatic rings. The molecule has 0 bridgehead atoms. The van der Waals surface area contributed by atoms with Gasteiger partial charge in [-0.2, -0.15) is 0 Å². The van der Waals surface area contributed by atoms with Gasteiger partial charge in [-0.3, -0.25) is 4.79 Å². The molecule has 0 aliphatic rings. The molecule has 14 heavy (non-hydrogen) atoms. The zero-order valence-corrected chi connectivity index (χ0v) is 7.98. The molecule has 0 spiro atoms. The van der Waals surface area contributed by atoms with Crippen molar-refractivity contribution in [2.24, 2.45) is 5.11 Å². The predicted octanol–water partition coefficient (Wildman–Crippen LogP) is 2.90. The highest BCUT2D eigenvalue weighted by atomic mass is 16.1. The van der Waals surface area contributed by atoms with Crippen molar-refractivity contribution >= 4 is 17.3 Å². The predicted molar refractivity (Wildman–Crippen MR) is 54.3 cm³/mol. The lowest BCUT2D eigenvalue weighted by atomic mass is 10.2. The summed E-state index contributed by atoms with van der Waals surface area (Å²) in [5.74, 6) is -0.152. The minimum absolute atomic E-state index is 0.152. The van der Waals surface area contributed by atoms with Gasteiger partial charge < -0.3 is 5.32 Å². The maximum absolute atomic E-state index is 10.8. The van der Waals surface area contributed by atoms with Gasteiger partial charge in [0.25, 0.3) is 0 Å². The second-order valence-electron chi connectivity index (χ2n) is 2.87. The zero-order valence-electron chi connectivity index (χ0n) is 7.98. The van der Waals surface area contributed by atoms with Gasteiger partial charge in [0.15, 0.2) is 0 Å². The molecule has 72 valence electrons. The summed E-state index contributed by atoms with van der Waals surface area (Å²) in [7, 11) is 0. The van der Waals surface area contributed by atoms with E-state index in [-0.39, 0.29) is 5.91 Å².